The molecule has 0 unspecified atom stereocenters. The molecule has 116 valence electrons. The fourth-order valence-corrected chi connectivity index (χ4v) is 1.66. The largest absolute Gasteiger partial charge is 0.548 e. The number of amides is 1. The summed E-state index contributed by atoms with van der Waals surface area (Å²) in [6.07, 6.45) is -2.36. The molecule has 2 N–H and O–H groups in total. The van der Waals surface area contributed by atoms with E-state index in [0.29, 0.717) is 5.56 Å². The third kappa shape index (κ3) is 5.43. The monoisotopic (exact) mass is 294 g/mol. The van der Waals surface area contributed by atoms with Gasteiger partial charge in [-0.05, 0) is 33.3 Å². The Morgan fingerprint density at radius 2 is 1.76 bits per heavy atom. The van der Waals surface area contributed by atoms with Crippen molar-refractivity contribution in [1.82, 2.24) is 5.32 Å². The van der Waals surface area contributed by atoms with E-state index < -0.39 is 29.8 Å². The van der Waals surface area contributed by atoms with Crippen molar-refractivity contribution in [2.75, 3.05) is 0 Å². The van der Waals surface area contributed by atoms with Gasteiger partial charge in [-0.15, -0.1) is 0 Å². The molecular formula is C15H20NO5-. The number of carboxylic acid groups (broad SMARTS) is 1. The highest BCUT2D eigenvalue weighted by Gasteiger charge is 2.26. The van der Waals surface area contributed by atoms with E-state index in [9.17, 15) is 19.8 Å². The van der Waals surface area contributed by atoms with Gasteiger partial charge in [-0.25, -0.2) is 4.79 Å². The minimum atomic E-state index is -1.59. The molecule has 0 aliphatic heterocycles. The van der Waals surface area contributed by atoms with Crippen molar-refractivity contribution < 1.29 is 24.5 Å². The maximum atomic E-state index is 11.6. The lowest BCUT2D eigenvalue weighted by Crippen LogP contribution is -2.52. The molecule has 0 spiro atoms. The summed E-state index contributed by atoms with van der Waals surface area (Å²) < 4.78 is 4.97. The Kier molecular flexibility index (Phi) is 5.32. The van der Waals surface area contributed by atoms with Crippen molar-refractivity contribution in [3.8, 4) is 0 Å². The standard InChI is InChI=1S/C15H21NO5/c1-9-5-7-10(8-6-9)12(17)11(13(18)19)16-14(20)21-15(2,3)4/h5-8,11-12,17H,1-4H3,(H,16,20)(H,18,19)/p-1/t11-,12+/m0/s1. The summed E-state index contributed by atoms with van der Waals surface area (Å²) in [6, 6.07) is 5.05. The van der Waals surface area contributed by atoms with Crippen LogP contribution in [0.5, 0.6) is 0 Å². The summed E-state index contributed by atoms with van der Waals surface area (Å²) >= 11 is 0. The molecule has 0 bridgehead atoms. The first-order chi connectivity index (χ1) is 9.60. The van der Waals surface area contributed by atoms with E-state index in [1.54, 1.807) is 45.0 Å². The molecule has 6 nitrogen and oxygen atoms in total. The number of carbonyl (C=O) groups excluding carboxylic acids is 2. The third-order valence-corrected chi connectivity index (χ3v) is 2.66. The number of aliphatic carboxylic acids is 1. The number of benzene rings is 1. The molecule has 1 rings (SSSR count). The van der Waals surface area contributed by atoms with E-state index in [4.69, 9.17) is 4.74 Å². The van der Waals surface area contributed by atoms with E-state index in [1.807, 2.05) is 6.92 Å². The van der Waals surface area contributed by atoms with Crippen LogP contribution in [-0.4, -0.2) is 28.8 Å². The molecule has 0 saturated carbocycles. The lowest BCUT2D eigenvalue weighted by atomic mass is 10.0. The summed E-state index contributed by atoms with van der Waals surface area (Å²) in [4.78, 5) is 22.8. The number of aliphatic hydroxyl groups excluding tert-OH is 1. The van der Waals surface area contributed by atoms with Crippen molar-refractivity contribution >= 4 is 12.1 Å². The van der Waals surface area contributed by atoms with Gasteiger partial charge in [-0.3, -0.25) is 0 Å². The van der Waals surface area contributed by atoms with Crippen molar-refractivity contribution in [3.05, 3.63) is 35.4 Å². The SMILES string of the molecule is Cc1ccc([C@@H](O)[C@H](NC(=O)OC(C)(C)C)C(=O)[O-])cc1. The smallest absolute Gasteiger partial charge is 0.408 e. The molecule has 2 atom stereocenters. The Bertz CT molecular complexity index is 504. The van der Waals surface area contributed by atoms with Gasteiger partial charge < -0.3 is 25.1 Å². The zero-order valence-electron chi connectivity index (χ0n) is 12.5. The summed E-state index contributed by atoms with van der Waals surface area (Å²) in [5.74, 6) is -1.59. The number of rotatable bonds is 4. The quantitative estimate of drug-likeness (QED) is 0.850. The second kappa shape index (κ2) is 6.58. The summed E-state index contributed by atoms with van der Waals surface area (Å²) in [7, 11) is 0. The van der Waals surface area contributed by atoms with Crippen LogP contribution in [0.25, 0.3) is 0 Å². The highest BCUT2D eigenvalue weighted by Crippen LogP contribution is 2.18. The Hall–Kier alpha value is -2.08. The first-order valence-corrected chi connectivity index (χ1v) is 6.55. The van der Waals surface area contributed by atoms with E-state index in [2.05, 4.69) is 5.32 Å². The Labute approximate surface area is 123 Å². The number of hydrogen-bond acceptors (Lipinski definition) is 5. The average Bonchev–Trinajstić information content (AvgIpc) is 2.33. The van der Waals surface area contributed by atoms with E-state index in [1.165, 1.54) is 0 Å². The molecule has 0 heterocycles. The zero-order chi connectivity index (χ0) is 16.2. The van der Waals surface area contributed by atoms with Gasteiger partial charge in [0.2, 0.25) is 0 Å². The third-order valence-electron chi connectivity index (χ3n) is 2.66. The van der Waals surface area contributed by atoms with E-state index in [0.717, 1.165) is 5.56 Å². The molecule has 0 aliphatic rings. The molecule has 1 amide bonds. The minimum absolute atomic E-state index is 0.367. The Morgan fingerprint density at radius 1 is 1.24 bits per heavy atom. The summed E-state index contributed by atoms with van der Waals surface area (Å²) in [6.45, 7) is 6.82. The van der Waals surface area contributed by atoms with Gasteiger partial charge in [0.05, 0.1) is 5.97 Å². The van der Waals surface area contributed by atoms with Gasteiger partial charge in [0.1, 0.15) is 17.7 Å². The highest BCUT2D eigenvalue weighted by molar-refractivity contribution is 5.79. The van der Waals surface area contributed by atoms with Crippen LogP contribution in [0.3, 0.4) is 0 Å². The van der Waals surface area contributed by atoms with Crippen molar-refractivity contribution in [3.63, 3.8) is 0 Å². The van der Waals surface area contributed by atoms with Gasteiger partial charge in [0, 0.05) is 0 Å². The van der Waals surface area contributed by atoms with E-state index >= 15 is 0 Å². The second-order valence-corrected chi connectivity index (χ2v) is 5.80. The van der Waals surface area contributed by atoms with Gasteiger partial charge >= 0.3 is 6.09 Å². The molecule has 0 radical (unpaired) electrons. The molecule has 0 fully saturated rings. The van der Waals surface area contributed by atoms with Crippen LogP contribution in [0.2, 0.25) is 0 Å². The van der Waals surface area contributed by atoms with Crippen LogP contribution in [-0.2, 0) is 9.53 Å². The number of carbonyl (C=O) groups is 2. The van der Waals surface area contributed by atoms with Crippen molar-refractivity contribution in [2.45, 2.75) is 45.4 Å². The number of aryl methyl sites for hydroxylation is 1. The summed E-state index contributed by atoms with van der Waals surface area (Å²) in [5.41, 5.74) is 0.567. The second-order valence-electron chi connectivity index (χ2n) is 5.80. The molecule has 0 aromatic heterocycles. The number of alkyl carbamates (subject to hydrolysis) is 1. The highest BCUT2D eigenvalue weighted by atomic mass is 16.6. The van der Waals surface area contributed by atoms with Crippen molar-refractivity contribution in [2.24, 2.45) is 0 Å². The van der Waals surface area contributed by atoms with Gasteiger partial charge in [0.15, 0.2) is 0 Å². The zero-order valence-corrected chi connectivity index (χ0v) is 12.5. The summed E-state index contributed by atoms with van der Waals surface area (Å²) in [5, 5.41) is 23.4. The Balaban J connectivity index is 2.84. The van der Waals surface area contributed by atoms with Crippen LogP contribution < -0.4 is 10.4 Å². The number of nitrogens with one attached hydrogen (secondary N) is 1. The molecule has 0 saturated heterocycles. The molecule has 0 aliphatic carbocycles. The van der Waals surface area contributed by atoms with Gasteiger partial charge in [-0.1, -0.05) is 29.8 Å². The predicted octanol–water partition coefficient (Wildman–Crippen LogP) is 0.672. The molecular weight excluding hydrogens is 274 g/mol. The number of hydrogen-bond donors (Lipinski definition) is 2. The van der Waals surface area contributed by atoms with Crippen molar-refractivity contribution in [1.29, 1.82) is 0 Å². The molecule has 6 heteroatoms. The van der Waals surface area contributed by atoms with Crippen LogP contribution in [0.4, 0.5) is 4.79 Å². The topological polar surface area (TPSA) is 98.7 Å². The normalized spacial score (nSPS) is 14.1. The van der Waals surface area contributed by atoms with Crippen LogP contribution >= 0.6 is 0 Å². The van der Waals surface area contributed by atoms with Crippen LogP contribution in [0.1, 0.15) is 38.0 Å². The van der Waals surface area contributed by atoms with Crippen LogP contribution in [0, 0.1) is 6.92 Å². The first kappa shape index (κ1) is 17.0. The number of carboxylic acids is 1. The fourth-order valence-electron chi connectivity index (χ4n) is 1.66. The first-order valence-electron chi connectivity index (χ1n) is 6.55. The maximum Gasteiger partial charge on any atom is 0.408 e. The number of ether oxygens (including phenoxy) is 1. The van der Waals surface area contributed by atoms with Gasteiger partial charge in [-0.2, -0.15) is 0 Å². The average molecular weight is 294 g/mol. The molecule has 1 aromatic rings. The molecule has 21 heavy (non-hydrogen) atoms. The minimum Gasteiger partial charge on any atom is -0.548 e. The fraction of sp³-hybridized carbons (Fsp3) is 0.467. The number of aliphatic hydroxyl groups is 1. The van der Waals surface area contributed by atoms with Crippen LogP contribution in [0.15, 0.2) is 24.3 Å². The molecule has 1 aromatic carbocycles. The van der Waals surface area contributed by atoms with E-state index in [-0.39, 0.29) is 0 Å². The lowest BCUT2D eigenvalue weighted by molar-refractivity contribution is -0.310. The lowest BCUT2D eigenvalue weighted by Gasteiger charge is -2.27. The predicted molar refractivity (Wildman–Crippen MR) is 74.3 cm³/mol. The van der Waals surface area contributed by atoms with Gasteiger partial charge in [0.25, 0.3) is 0 Å². The Morgan fingerprint density at radius 3 is 2.19 bits per heavy atom. The maximum absolute atomic E-state index is 11.6.